The SMILES string of the molecule is CCC(C)(C)C(=O)OCC[N+](CC)(CC)CC.CCCCCCN1C(=CC2=C([O-])C(=CC3=[N+](CCCCCC)c4ccccc4C3(C)C)C(=O)C2=O)C(C)(C)c2cc(CCC(=O)[O-])ccc21.CCCCOc1c2ccccc2c(C)c2c3cc4nc(cc5[n-]c(cc6nc(cc([n-]3)c12)-c1c-6c(C)c2ccccc2c1C)c1c(C)c2ccccc2c(C)c51)-c1c-4c(C)c2ccccc2c1C.CC[NH+](CC)CCOC(=O)C(C)(C)CC.[Cu+2]. The first kappa shape index (κ1) is 113. The van der Waals surface area contributed by atoms with Crippen molar-refractivity contribution >= 4 is 133 Å². The summed E-state index contributed by atoms with van der Waals surface area (Å²) in [7, 11) is 0. The number of aryl methyl sites for hydroxylation is 8. The van der Waals surface area contributed by atoms with Crippen LogP contribution in [-0.2, 0) is 67.8 Å². The zero-order valence-electron chi connectivity index (χ0n) is 93.6. The molecule has 0 amide bonds. The fourth-order valence-electron chi connectivity index (χ4n) is 22.9. The number of carboxylic acids is 1. The summed E-state index contributed by atoms with van der Waals surface area (Å²) in [5.74, 6) is -2.41. The summed E-state index contributed by atoms with van der Waals surface area (Å²) in [6.45, 7) is 63.8. The van der Waals surface area contributed by atoms with E-state index in [4.69, 9.17) is 34.1 Å². The first-order valence-electron chi connectivity index (χ1n) is 55.1. The maximum absolute atomic E-state index is 14.2. The molecule has 0 spiro atoms. The smallest absolute Gasteiger partial charge is 0.871 e. The van der Waals surface area contributed by atoms with Crippen LogP contribution in [0.15, 0.2) is 199 Å². The molecule has 3 aromatic heterocycles. The maximum Gasteiger partial charge on any atom is 2.00 e. The number of likely N-dealkylation sites (N-methyl/N-ethyl adjacent to an activating group) is 2. The largest absolute Gasteiger partial charge is 2.00 e. The summed E-state index contributed by atoms with van der Waals surface area (Å²) in [4.78, 5) is 88.4. The number of para-hydroxylation sites is 1. The normalized spacial score (nSPS) is 14.6. The van der Waals surface area contributed by atoms with Crippen LogP contribution in [0.5, 0.6) is 5.75 Å². The number of allylic oxidation sites excluding steroid dienone is 5. The van der Waals surface area contributed by atoms with E-state index < -0.39 is 34.1 Å². The van der Waals surface area contributed by atoms with E-state index in [1.54, 1.807) is 12.2 Å². The Bertz CT molecular complexity index is 7660. The second-order valence-electron chi connectivity index (χ2n) is 44.0. The van der Waals surface area contributed by atoms with Gasteiger partial charge in [0, 0.05) is 97.6 Å². The molecule has 8 bridgehead atoms. The Morgan fingerprint density at radius 2 is 0.893 bits per heavy atom. The van der Waals surface area contributed by atoms with E-state index in [0.29, 0.717) is 32.8 Å². The van der Waals surface area contributed by atoms with Crippen molar-refractivity contribution in [2.75, 3.05) is 83.6 Å². The number of anilines is 1. The molecule has 4 aliphatic heterocycles. The minimum absolute atomic E-state index is 0. The summed E-state index contributed by atoms with van der Waals surface area (Å²) in [6, 6.07) is 58.2. The van der Waals surface area contributed by atoms with Crippen molar-refractivity contribution in [2.24, 2.45) is 10.8 Å². The van der Waals surface area contributed by atoms with E-state index >= 15 is 0 Å². The maximum atomic E-state index is 14.2. The molecule has 19 heteroatoms. The Morgan fingerprint density at radius 1 is 0.473 bits per heavy atom. The molecule has 150 heavy (non-hydrogen) atoms. The quantitative estimate of drug-likeness (QED) is 0.00753. The summed E-state index contributed by atoms with van der Waals surface area (Å²) in [6.07, 6.45) is 15.8. The van der Waals surface area contributed by atoms with Gasteiger partial charge in [-0.3, -0.25) is 19.2 Å². The first-order chi connectivity index (χ1) is 71.3. The number of carbonyl (C=O) groups is 5. The Hall–Kier alpha value is -12.6. The number of Topliss-reactive ketones (excluding diaryl/α,β-unsaturated/α-hetero) is 2. The molecule has 791 valence electrons. The van der Waals surface area contributed by atoms with Crippen molar-refractivity contribution in [3.05, 3.63) is 254 Å². The van der Waals surface area contributed by atoms with Gasteiger partial charge in [0.05, 0.1) is 78.4 Å². The minimum atomic E-state index is -1.09. The molecule has 0 saturated carbocycles. The fourth-order valence-corrected chi connectivity index (χ4v) is 22.9. The van der Waals surface area contributed by atoms with Crippen LogP contribution in [0.2, 0.25) is 0 Å². The summed E-state index contributed by atoms with van der Waals surface area (Å²) in [5, 5.41) is 39.4. The van der Waals surface area contributed by atoms with Gasteiger partial charge in [0.25, 0.3) is 0 Å². The Morgan fingerprint density at radius 3 is 1.34 bits per heavy atom. The van der Waals surface area contributed by atoms with Crippen molar-refractivity contribution in [3.8, 4) is 50.8 Å². The van der Waals surface area contributed by atoms with Gasteiger partial charge < -0.3 is 53.5 Å². The third-order valence-electron chi connectivity index (χ3n) is 33.4. The van der Waals surface area contributed by atoms with Crippen LogP contribution in [0.4, 0.5) is 11.4 Å². The summed E-state index contributed by atoms with van der Waals surface area (Å²) >= 11 is 0. The second kappa shape index (κ2) is 47.5. The molecule has 7 heterocycles. The van der Waals surface area contributed by atoms with Crippen LogP contribution in [0.3, 0.4) is 0 Å². The van der Waals surface area contributed by atoms with E-state index in [-0.39, 0.29) is 57.4 Å². The number of ether oxygens (including phenoxy) is 3. The summed E-state index contributed by atoms with van der Waals surface area (Å²) in [5.41, 5.74) is 24.9. The average molecular weight is 2070 g/mol. The standard InChI is InChI=1S/C63H50N4O.C42H52N2O5.C14H30NO2.C12H25NO2.Cu/c1-9-10-27-68-63-46-26-18-17-25-45(46)38(8)61-53-30-51-59-36(6)43-23-14-13-21-41(43)34(4)57(59)49(65-51)28-47-55-32(2)39-19-11-12-20-40(39)33(3)56(55)48(64-47)29-50-58-35(5)42-22-15-16-24-44(42)37(7)60(58)52(66-50)31-54(67-53)62(61)63;1-7-9-11-15-23-43-33-18-14-13-17-31(33)41(3,4)35(43)26-29-38(47)30(40(49)39(29)48)27-36-42(5,6)32-25-28(20-22-37(45)46)19-21-34(32)44(36)24-16-12-10-8-2;1-7-14(5,6)13(16)17-12-11-15(8-2,9-3)10-4;1-6-12(4,5)11(14)15-10-9-13(7-2)8-3;/h11-26,28-31H,9-10,27H2,1-8H3;13-14,17-19,21,25-27H,7-12,15-16,20,22-24H2,1-6H3,(H-,45,46,47,48,49);7-12H2,1-6H3;6-10H2,1-5H3;/q-2;;+1;;+2. The van der Waals surface area contributed by atoms with E-state index in [2.05, 4.69) is 274 Å². The monoisotopic (exact) mass is 2070 g/mol. The molecule has 1 aliphatic carbocycles. The fraction of sp³-hybridized carbons (Fsp3) is 0.420. The number of hydrogen-bond acceptors (Lipinski definition) is 13. The van der Waals surface area contributed by atoms with Crippen LogP contribution in [0, 0.1) is 59.3 Å². The topological polar surface area (TPSA) is 224 Å². The van der Waals surface area contributed by atoms with Crippen molar-refractivity contribution in [1.29, 1.82) is 0 Å². The third kappa shape index (κ3) is 22.0. The van der Waals surface area contributed by atoms with Gasteiger partial charge in [-0.2, -0.15) is 4.58 Å². The molecule has 5 aliphatic rings. The number of quaternary nitrogens is 2. The number of rotatable bonds is 34. The molecule has 18 rings (SSSR count). The van der Waals surface area contributed by atoms with Crippen LogP contribution < -0.4 is 34.7 Å². The summed E-state index contributed by atoms with van der Waals surface area (Å²) < 4.78 is 20.9. The number of unbranched alkanes of at least 4 members (excludes halogenated alkanes) is 7. The van der Waals surface area contributed by atoms with Gasteiger partial charge in [0.2, 0.25) is 17.3 Å². The van der Waals surface area contributed by atoms with Gasteiger partial charge >= 0.3 is 29.0 Å². The zero-order chi connectivity index (χ0) is 107. The van der Waals surface area contributed by atoms with E-state index in [9.17, 15) is 34.2 Å². The third-order valence-corrected chi connectivity index (χ3v) is 33.4. The average Bonchev–Trinajstić information content (AvgIpc) is 1.54. The number of carboxylic acid groups (broad SMARTS) is 1. The number of esters is 2. The van der Waals surface area contributed by atoms with Gasteiger partial charge in [0.1, 0.15) is 38.6 Å². The number of benzene rings is 10. The van der Waals surface area contributed by atoms with Crippen LogP contribution >= 0.6 is 0 Å². The molecule has 0 unspecified atom stereocenters. The predicted octanol–water partition coefficient (Wildman–Crippen LogP) is 26.5. The Kier molecular flexibility index (Phi) is 35.8. The van der Waals surface area contributed by atoms with Crippen molar-refractivity contribution in [1.82, 2.24) is 19.9 Å². The van der Waals surface area contributed by atoms with Crippen molar-refractivity contribution < 1.29 is 79.4 Å². The molecule has 0 fully saturated rings. The first-order valence-corrected chi connectivity index (χ1v) is 55.1. The van der Waals surface area contributed by atoms with Gasteiger partial charge in [-0.25, -0.2) is 9.97 Å². The molecule has 1 N–H and O–H groups in total. The van der Waals surface area contributed by atoms with Crippen molar-refractivity contribution in [3.63, 3.8) is 0 Å². The molecular formula is C131H157CuN8O10+. The molecule has 18 nitrogen and oxygen atoms in total. The minimum Gasteiger partial charge on any atom is -0.871 e. The predicted molar refractivity (Wildman–Crippen MR) is 611 cm³/mol. The number of hydrogen-bond donors (Lipinski definition) is 1. The Labute approximate surface area is 899 Å². The molecule has 1 radical (unpaired) electrons. The second-order valence-corrected chi connectivity index (χ2v) is 44.0. The van der Waals surface area contributed by atoms with Crippen LogP contribution in [-0.4, -0.2) is 133 Å². The number of nitrogens with zero attached hydrogens (tertiary/aromatic N) is 7. The number of aliphatic carboxylic acids is 1. The number of aromatic nitrogens is 4. The Balaban J connectivity index is 0.000000187. The van der Waals surface area contributed by atoms with Crippen molar-refractivity contribution in [2.45, 2.75) is 274 Å². The number of fused-ring (bicyclic) bond motifs is 26. The van der Waals surface area contributed by atoms with E-state index in [1.807, 2.05) is 71.9 Å². The van der Waals surface area contributed by atoms with Gasteiger partial charge in [-0.15, -0.1) is 22.1 Å². The number of ketones is 2. The molecule has 13 aromatic rings. The molecule has 10 aromatic carbocycles. The van der Waals surface area contributed by atoms with Gasteiger partial charge in [-0.05, 0) is 310 Å². The molecular weight excluding hydrogens is 1910 g/mol. The van der Waals surface area contributed by atoms with E-state index in [0.717, 1.165) is 279 Å². The van der Waals surface area contributed by atoms with Gasteiger partial charge in [0.15, 0.2) is 5.71 Å². The number of nitrogens with one attached hydrogen (secondary N) is 1. The van der Waals surface area contributed by atoms with Gasteiger partial charge in [-0.1, -0.05) is 220 Å². The van der Waals surface area contributed by atoms with E-state index in [1.165, 1.54) is 76.2 Å². The number of carbonyl (C=O) groups excluding carboxylic acids is 5. The molecule has 0 saturated heterocycles. The zero-order valence-corrected chi connectivity index (χ0v) is 94.6. The van der Waals surface area contributed by atoms with Crippen LogP contribution in [0.25, 0.3) is 132 Å². The molecule has 0 atom stereocenters. The van der Waals surface area contributed by atoms with Crippen LogP contribution in [0.1, 0.15) is 264 Å².